The number of thiophene rings is 1. The lowest BCUT2D eigenvalue weighted by Gasteiger charge is -2.05. The van der Waals surface area contributed by atoms with Crippen LogP contribution in [-0.4, -0.2) is 5.91 Å². The van der Waals surface area contributed by atoms with E-state index in [1.54, 1.807) is 0 Å². The standard InChI is InChI=1S/C13H11Br2NOS/c1-8-3-2-4-9(5-8)7-16-13(17)10-6-11(14)18-12(10)15/h2-6H,7H2,1H3,(H,16,17). The topological polar surface area (TPSA) is 29.1 Å². The van der Waals surface area contributed by atoms with Gasteiger partial charge in [0.1, 0.15) is 0 Å². The van der Waals surface area contributed by atoms with Crippen LogP contribution in [0.1, 0.15) is 21.5 Å². The van der Waals surface area contributed by atoms with E-state index in [2.05, 4.69) is 43.2 Å². The third kappa shape index (κ3) is 3.43. The fourth-order valence-electron chi connectivity index (χ4n) is 1.59. The number of halogens is 2. The van der Waals surface area contributed by atoms with Gasteiger partial charge < -0.3 is 5.32 Å². The lowest BCUT2D eigenvalue weighted by atomic mass is 10.1. The van der Waals surface area contributed by atoms with Crippen LogP contribution in [0, 0.1) is 6.92 Å². The number of carbonyl (C=O) groups is 1. The number of hydrogen-bond acceptors (Lipinski definition) is 2. The molecule has 1 aromatic carbocycles. The van der Waals surface area contributed by atoms with E-state index in [1.807, 2.05) is 31.2 Å². The number of amides is 1. The van der Waals surface area contributed by atoms with Gasteiger partial charge in [0, 0.05) is 6.54 Å². The summed E-state index contributed by atoms with van der Waals surface area (Å²) in [5.74, 6) is -0.0645. The summed E-state index contributed by atoms with van der Waals surface area (Å²) in [5.41, 5.74) is 2.97. The Hall–Kier alpha value is -0.650. The molecule has 0 unspecified atom stereocenters. The van der Waals surface area contributed by atoms with Gasteiger partial charge in [-0.05, 0) is 50.4 Å². The predicted octanol–water partition coefficient (Wildman–Crippen LogP) is 4.51. The molecule has 2 aromatic rings. The second kappa shape index (κ2) is 5.99. The third-order valence-corrected chi connectivity index (χ3v) is 4.78. The summed E-state index contributed by atoms with van der Waals surface area (Å²) >= 11 is 8.24. The molecule has 0 atom stereocenters. The molecule has 0 aliphatic rings. The molecule has 2 nitrogen and oxygen atoms in total. The van der Waals surface area contributed by atoms with E-state index in [4.69, 9.17) is 0 Å². The molecular weight excluding hydrogens is 378 g/mol. The summed E-state index contributed by atoms with van der Waals surface area (Å²) in [7, 11) is 0. The summed E-state index contributed by atoms with van der Waals surface area (Å²) in [4.78, 5) is 12.0. The van der Waals surface area contributed by atoms with Crippen LogP contribution in [0.25, 0.3) is 0 Å². The first-order valence-corrected chi connectivity index (χ1v) is 7.75. The van der Waals surface area contributed by atoms with Crippen molar-refractivity contribution in [3.8, 4) is 0 Å². The number of aryl methyl sites for hydroxylation is 1. The number of carbonyl (C=O) groups excluding carboxylic acids is 1. The monoisotopic (exact) mass is 387 g/mol. The molecule has 0 radical (unpaired) electrons. The van der Waals surface area contributed by atoms with Crippen LogP contribution in [0.4, 0.5) is 0 Å². The molecule has 0 saturated carbocycles. The van der Waals surface area contributed by atoms with Gasteiger partial charge in [-0.25, -0.2) is 0 Å². The van der Waals surface area contributed by atoms with Gasteiger partial charge in [-0.3, -0.25) is 4.79 Å². The Balaban J connectivity index is 2.03. The molecule has 1 N–H and O–H groups in total. The third-order valence-electron chi connectivity index (χ3n) is 2.44. The van der Waals surface area contributed by atoms with Gasteiger partial charge in [0.25, 0.3) is 5.91 Å². The van der Waals surface area contributed by atoms with Crippen LogP contribution in [0.15, 0.2) is 37.9 Å². The van der Waals surface area contributed by atoms with E-state index in [-0.39, 0.29) is 5.91 Å². The van der Waals surface area contributed by atoms with E-state index in [0.29, 0.717) is 12.1 Å². The maximum absolute atomic E-state index is 12.0. The summed E-state index contributed by atoms with van der Waals surface area (Å²) in [5, 5.41) is 2.91. The van der Waals surface area contributed by atoms with E-state index in [1.165, 1.54) is 16.9 Å². The Morgan fingerprint density at radius 3 is 2.72 bits per heavy atom. The molecule has 2 rings (SSSR count). The van der Waals surface area contributed by atoms with Gasteiger partial charge in [-0.2, -0.15) is 0 Å². The van der Waals surface area contributed by atoms with Crippen LogP contribution >= 0.6 is 43.2 Å². The molecular formula is C13H11Br2NOS. The molecule has 0 spiro atoms. The minimum absolute atomic E-state index is 0.0645. The van der Waals surface area contributed by atoms with E-state index >= 15 is 0 Å². The van der Waals surface area contributed by atoms with Crippen LogP contribution < -0.4 is 5.32 Å². The zero-order chi connectivity index (χ0) is 13.1. The Morgan fingerprint density at radius 2 is 2.11 bits per heavy atom. The SMILES string of the molecule is Cc1cccc(CNC(=O)c2cc(Br)sc2Br)c1. The lowest BCUT2D eigenvalue weighted by Crippen LogP contribution is -2.22. The average molecular weight is 389 g/mol. The highest BCUT2D eigenvalue weighted by Gasteiger charge is 2.13. The molecule has 0 aliphatic heterocycles. The van der Waals surface area contributed by atoms with Crippen LogP contribution in [0.3, 0.4) is 0 Å². The van der Waals surface area contributed by atoms with Gasteiger partial charge in [0.2, 0.25) is 0 Å². The fourth-order valence-corrected chi connectivity index (χ4v) is 4.39. The van der Waals surface area contributed by atoms with Crippen molar-refractivity contribution in [2.24, 2.45) is 0 Å². The minimum atomic E-state index is -0.0645. The van der Waals surface area contributed by atoms with Crippen LogP contribution in [0.2, 0.25) is 0 Å². The first-order valence-electron chi connectivity index (χ1n) is 5.35. The Morgan fingerprint density at radius 1 is 1.33 bits per heavy atom. The molecule has 1 amide bonds. The van der Waals surface area contributed by atoms with Crippen LogP contribution in [0.5, 0.6) is 0 Å². The molecule has 94 valence electrons. The summed E-state index contributed by atoms with van der Waals surface area (Å²) in [6.07, 6.45) is 0. The van der Waals surface area contributed by atoms with Crippen LogP contribution in [-0.2, 0) is 6.54 Å². The lowest BCUT2D eigenvalue weighted by molar-refractivity contribution is 0.0950. The molecule has 0 saturated heterocycles. The van der Waals surface area contributed by atoms with Gasteiger partial charge in [-0.1, -0.05) is 29.8 Å². The van der Waals surface area contributed by atoms with Crippen molar-refractivity contribution < 1.29 is 4.79 Å². The van der Waals surface area contributed by atoms with Crippen molar-refractivity contribution in [3.63, 3.8) is 0 Å². The largest absolute Gasteiger partial charge is 0.348 e. The maximum Gasteiger partial charge on any atom is 0.253 e. The zero-order valence-corrected chi connectivity index (χ0v) is 13.7. The second-order valence-corrected chi connectivity index (χ2v) is 7.66. The number of nitrogens with one attached hydrogen (secondary N) is 1. The number of benzene rings is 1. The number of hydrogen-bond donors (Lipinski definition) is 1. The summed E-state index contributed by atoms with van der Waals surface area (Å²) in [6, 6.07) is 9.93. The van der Waals surface area contributed by atoms with Crippen molar-refractivity contribution >= 4 is 49.1 Å². The van der Waals surface area contributed by atoms with Gasteiger partial charge >= 0.3 is 0 Å². The van der Waals surface area contributed by atoms with Crippen molar-refractivity contribution in [1.29, 1.82) is 0 Å². The first-order chi connectivity index (χ1) is 8.56. The molecule has 5 heteroatoms. The smallest absolute Gasteiger partial charge is 0.253 e. The van der Waals surface area contributed by atoms with Gasteiger partial charge in [0.05, 0.1) is 13.1 Å². The quantitative estimate of drug-likeness (QED) is 0.823. The van der Waals surface area contributed by atoms with Crippen molar-refractivity contribution in [2.45, 2.75) is 13.5 Å². The maximum atomic E-state index is 12.0. The minimum Gasteiger partial charge on any atom is -0.348 e. The Bertz CT molecular complexity index is 580. The van der Waals surface area contributed by atoms with Crippen molar-refractivity contribution in [3.05, 3.63) is 54.6 Å². The Labute approximate surface area is 127 Å². The summed E-state index contributed by atoms with van der Waals surface area (Å²) in [6.45, 7) is 2.58. The number of rotatable bonds is 3. The average Bonchev–Trinajstić information content (AvgIpc) is 2.66. The highest BCUT2D eigenvalue weighted by Crippen LogP contribution is 2.31. The fraction of sp³-hybridized carbons (Fsp3) is 0.154. The molecule has 1 aromatic heterocycles. The highest BCUT2D eigenvalue weighted by molar-refractivity contribution is 9.12. The van der Waals surface area contributed by atoms with E-state index < -0.39 is 0 Å². The Kier molecular flexibility index (Phi) is 4.59. The molecule has 0 bridgehead atoms. The van der Waals surface area contributed by atoms with E-state index in [0.717, 1.165) is 13.1 Å². The highest BCUT2D eigenvalue weighted by atomic mass is 79.9. The summed E-state index contributed by atoms with van der Waals surface area (Å²) < 4.78 is 1.78. The van der Waals surface area contributed by atoms with Gasteiger partial charge in [0.15, 0.2) is 0 Å². The van der Waals surface area contributed by atoms with Crippen molar-refractivity contribution in [1.82, 2.24) is 5.32 Å². The molecule has 1 heterocycles. The predicted molar refractivity (Wildman–Crippen MR) is 82.1 cm³/mol. The van der Waals surface area contributed by atoms with E-state index in [9.17, 15) is 4.79 Å². The van der Waals surface area contributed by atoms with Crippen molar-refractivity contribution in [2.75, 3.05) is 0 Å². The zero-order valence-electron chi connectivity index (χ0n) is 9.67. The second-order valence-electron chi connectivity index (χ2n) is 3.91. The van der Waals surface area contributed by atoms with Gasteiger partial charge in [-0.15, -0.1) is 11.3 Å². The molecule has 18 heavy (non-hydrogen) atoms. The molecule has 0 fully saturated rings. The normalized spacial score (nSPS) is 10.4. The first kappa shape index (κ1) is 13.8. The molecule has 0 aliphatic carbocycles.